The molecule has 9 heteroatoms. The molecule has 1 aromatic carbocycles. The monoisotopic (exact) mass is 453 g/mol. The van der Waals surface area contributed by atoms with Crippen LogP contribution in [0, 0.1) is 5.92 Å². The van der Waals surface area contributed by atoms with Gasteiger partial charge in [0.15, 0.2) is 0 Å². The van der Waals surface area contributed by atoms with Gasteiger partial charge < -0.3 is 10.6 Å². The fraction of sp³-hybridized carbons (Fsp3) is 0.556. The van der Waals surface area contributed by atoms with Crippen LogP contribution < -0.4 is 10.6 Å². The molecule has 0 spiro atoms. The summed E-state index contributed by atoms with van der Waals surface area (Å²) in [5.74, 6) is -0.332. The second kappa shape index (κ2) is 10.7. The predicted octanol–water partition coefficient (Wildman–Crippen LogP) is 4.87. The van der Waals surface area contributed by atoms with Crippen molar-refractivity contribution >= 4 is 63.9 Å². The third kappa shape index (κ3) is 6.40. The summed E-state index contributed by atoms with van der Waals surface area (Å²) in [5.41, 5.74) is 0.201. The highest BCUT2D eigenvalue weighted by atomic mass is 35.5. The normalized spacial score (nSPS) is 17.6. The van der Waals surface area contributed by atoms with Crippen molar-refractivity contribution in [2.45, 2.75) is 32.6 Å². The second-order valence-corrected chi connectivity index (χ2v) is 8.18. The first-order valence-corrected chi connectivity index (χ1v) is 10.5. The van der Waals surface area contributed by atoms with E-state index in [1.807, 2.05) is 4.90 Å². The Bertz CT molecular complexity index is 673. The molecule has 0 aliphatic carbocycles. The highest BCUT2D eigenvalue weighted by Gasteiger charge is 2.27. The molecule has 27 heavy (non-hydrogen) atoms. The molecule has 1 heterocycles. The van der Waals surface area contributed by atoms with Crippen LogP contribution in [0.4, 0.5) is 5.69 Å². The summed E-state index contributed by atoms with van der Waals surface area (Å²) in [6.07, 6.45) is 3.70. The van der Waals surface area contributed by atoms with E-state index in [0.29, 0.717) is 13.1 Å². The van der Waals surface area contributed by atoms with Crippen molar-refractivity contribution in [3.05, 3.63) is 26.2 Å². The maximum absolute atomic E-state index is 12.4. The molecule has 1 fully saturated rings. The summed E-state index contributed by atoms with van der Waals surface area (Å²) in [6.45, 7) is 4.21. The standard InChI is InChI=1S/C18H23Cl4N3O2/c1-2-3-6-23-18(27)11-5-4-7-25(9-11)10-14(26)24-17-15(21)12(19)8-13(20)16(17)22/h8,11H,2-7,9-10H2,1H3,(H,23,27)(H,24,26). The lowest BCUT2D eigenvalue weighted by Crippen LogP contribution is -2.45. The zero-order valence-electron chi connectivity index (χ0n) is 15.1. The van der Waals surface area contributed by atoms with Crippen molar-refractivity contribution in [3.63, 3.8) is 0 Å². The number of unbranched alkanes of at least 4 members (excludes halogenated alkanes) is 1. The molecule has 5 nitrogen and oxygen atoms in total. The number of nitrogens with zero attached hydrogens (tertiary/aromatic N) is 1. The number of carbonyl (C=O) groups is 2. The Morgan fingerprint density at radius 1 is 1.19 bits per heavy atom. The Hall–Kier alpha value is -0.720. The summed E-state index contributed by atoms with van der Waals surface area (Å²) < 4.78 is 0. The molecule has 1 aliphatic rings. The topological polar surface area (TPSA) is 61.4 Å². The van der Waals surface area contributed by atoms with Gasteiger partial charge in [0.2, 0.25) is 11.8 Å². The maximum atomic E-state index is 12.4. The van der Waals surface area contributed by atoms with Gasteiger partial charge in [0, 0.05) is 13.1 Å². The molecule has 1 aliphatic heterocycles. The number of halogens is 4. The molecule has 1 unspecified atom stereocenters. The first-order chi connectivity index (χ1) is 12.8. The second-order valence-electron chi connectivity index (χ2n) is 6.61. The van der Waals surface area contributed by atoms with Gasteiger partial charge in [-0.25, -0.2) is 0 Å². The molecule has 0 saturated carbocycles. The van der Waals surface area contributed by atoms with Crippen LogP contribution in [0.2, 0.25) is 20.1 Å². The fourth-order valence-corrected chi connectivity index (χ4v) is 3.91. The molecular formula is C18H23Cl4N3O2. The summed E-state index contributed by atoms with van der Waals surface area (Å²) >= 11 is 24.2. The molecule has 2 amide bonds. The smallest absolute Gasteiger partial charge is 0.238 e. The van der Waals surface area contributed by atoms with Gasteiger partial charge in [-0.2, -0.15) is 0 Å². The van der Waals surface area contributed by atoms with Crippen molar-refractivity contribution in [3.8, 4) is 0 Å². The first kappa shape index (κ1) is 22.6. The predicted molar refractivity (Wildman–Crippen MR) is 112 cm³/mol. The molecule has 1 atom stereocenters. The minimum atomic E-state index is -0.288. The van der Waals surface area contributed by atoms with Gasteiger partial charge >= 0.3 is 0 Å². The van der Waals surface area contributed by atoms with Crippen molar-refractivity contribution in [2.24, 2.45) is 5.92 Å². The van der Waals surface area contributed by atoms with E-state index in [-0.39, 0.29) is 50.1 Å². The quantitative estimate of drug-likeness (QED) is 0.456. The van der Waals surface area contributed by atoms with E-state index < -0.39 is 0 Å². The molecule has 1 saturated heterocycles. The van der Waals surface area contributed by atoms with Crippen LogP contribution >= 0.6 is 46.4 Å². The van der Waals surface area contributed by atoms with Gasteiger partial charge in [-0.1, -0.05) is 59.7 Å². The SMILES string of the molecule is CCCCNC(=O)C1CCCN(CC(=O)Nc2c(Cl)c(Cl)cc(Cl)c2Cl)C1. The number of hydrogen-bond acceptors (Lipinski definition) is 3. The van der Waals surface area contributed by atoms with Gasteiger partial charge in [-0.05, 0) is 31.9 Å². The molecule has 0 bridgehead atoms. The van der Waals surface area contributed by atoms with Gasteiger partial charge in [0.1, 0.15) is 0 Å². The Morgan fingerprint density at radius 3 is 2.48 bits per heavy atom. The van der Waals surface area contributed by atoms with Crippen LogP contribution in [0.1, 0.15) is 32.6 Å². The number of piperidine rings is 1. The first-order valence-electron chi connectivity index (χ1n) is 8.96. The molecule has 0 radical (unpaired) electrons. The highest BCUT2D eigenvalue weighted by Crippen LogP contribution is 2.41. The van der Waals surface area contributed by atoms with Crippen LogP contribution in [0.3, 0.4) is 0 Å². The van der Waals surface area contributed by atoms with E-state index in [4.69, 9.17) is 46.4 Å². The Labute approximate surface area is 179 Å². The van der Waals surface area contributed by atoms with Crippen LogP contribution in [-0.4, -0.2) is 42.9 Å². The zero-order valence-corrected chi connectivity index (χ0v) is 18.1. The van der Waals surface area contributed by atoms with Gasteiger partial charge in [-0.3, -0.25) is 14.5 Å². The average molecular weight is 455 g/mol. The van der Waals surface area contributed by atoms with E-state index in [0.717, 1.165) is 32.2 Å². The number of carbonyl (C=O) groups excluding carboxylic acids is 2. The van der Waals surface area contributed by atoms with Crippen LogP contribution in [-0.2, 0) is 9.59 Å². The molecule has 2 N–H and O–H groups in total. The largest absolute Gasteiger partial charge is 0.356 e. The van der Waals surface area contributed by atoms with Gasteiger partial charge in [0.05, 0.1) is 38.2 Å². The summed E-state index contributed by atoms with van der Waals surface area (Å²) in [7, 11) is 0. The van der Waals surface area contributed by atoms with Crippen molar-refractivity contribution in [1.29, 1.82) is 0 Å². The maximum Gasteiger partial charge on any atom is 0.238 e. The number of rotatable bonds is 7. The highest BCUT2D eigenvalue weighted by molar-refractivity contribution is 6.50. The number of amides is 2. The van der Waals surface area contributed by atoms with E-state index in [1.54, 1.807) is 0 Å². The third-order valence-electron chi connectivity index (χ3n) is 4.45. The zero-order chi connectivity index (χ0) is 20.0. The van der Waals surface area contributed by atoms with Gasteiger partial charge in [-0.15, -0.1) is 0 Å². The van der Waals surface area contributed by atoms with Crippen molar-refractivity contribution in [2.75, 3.05) is 31.5 Å². The Kier molecular flexibility index (Phi) is 8.96. The minimum absolute atomic E-state index is 0.0567. The molecular weight excluding hydrogens is 432 g/mol. The number of anilines is 1. The van der Waals surface area contributed by atoms with E-state index >= 15 is 0 Å². The minimum Gasteiger partial charge on any atom is -0.356 e. The number of hydrogen-bond donors (Lipinski definition) is 2. The van der Waals surface area contributed by atoms with Crippen molar-refractivity contribution < 1.29 is 9.59 Å². The fourth-order valence-electron chi connectivity index (χ4n) is 3.01. The molecule has 2 rings (SSSR count). The molecule has 150 valence electrons. The third-order valence-corrected chi connectivity index (χ3v) is 6.02. The lowest BCUT2D eigenvalue weighted by atomic mass is 9.97. The lowest BCUT2D eigenvalue weighted by Gasteiger charge is -2.31. The lowest BCUT2D eigenvalue weighted by molar-refractivity contribution is -0.127. The van der Waals surface area contributed by atoms with Crippen LogP contribution in [0.5, 0.6) is 0 Å². The van der Waals surface area contributed by atoms with E-state index in [2.05, 4.69) is 17.6 Å². The van der Waals surface area contributed by atoms with Crippen LogP contribution in [0.15, 0.2) is 6.07 Å². The number of nitrogens with one attached hydrogen (secondary N) is 2. The van der Waals surface area contributed by atoms with Gasteiger partial charge in [0.25, 0.3) is 0 Å². The molecule has 1 aromatic rings. The summed E-state index contributed by atoms with van der Waals surface area (Å²) in [6, 6.07) is 1.43. The van der Waals surface area contributed by atoms with E-state index in [9.17, 15) is 9.59 Å². The Morgan fingerprint density at radius 2 is 1.85 bits per heavy atom. The number of benzene rings is 1. The molecule has 0 aromatic heterocycles. The average Bonchev–Trinajstić information content (AvgIpc) is 2.64. The number of likely N-dealkylation sites (tertiary alicyclic amines) is 1. The van der Waals surface area contributed by atoms with E-state index in [1.165, 1.54) is 6.07 Å². The summed E-state index contributed by atoms with van der Waals surface area (Å²) in [5, 5.41) is 6.36. The van der Waals surface area contributed by atoms with Crippen molar-refractivity contribution in [1.82, 2.24) is 10.2 Å². The summed E-state index contributed by atoms with van der Waals surface area (Å²) in [4.78, 5) is 26.7. The van der Waals surface area contributed by atoms with Crippen LogP contribution in [0.25, 0.3) is 0 Å². The Balaban J connectivity index is 1.93.